The smallest absolute Gasteiger partial charge is 0.273 e. The van der Waals surface area contributed by atoms with Crippen LogP contribution in [0.15, 0.2) is 22.8 Å². The van der Waals surface area contributed by atoms with Crippen LogP contribution >= 0.6 is 15.9 Å². The zero-order chi connectivity index (χ0) is 14.8. The first-order chi connectivity index (χ1) is 9.43. The van der Waals surface area contributed by atoms with Gasteiger partial charge >= 0.3 is 0 Å². The Morgan fingerprint density at radius 2 is 2.40 bits per heavy atom. The molecular weight excluding hydrogens is 324 g/mol. The van der Waals surface area contributed by atoms with Crippen molar-refractivity contribution in [3.05, 3.63) is 28.5 Å². The minimum atomic E-state index is -0.391. The van der Waals surface area contributed by atoms with Crippen molar-refractivity contribution in [1.82, 2.24) is 9.88 Å². The molecule has 1 amide bonds. The monoisotopic (exact) mass is 342 g/mol. The second-order valence-electron chi connectivity index (χ2n) is 5.47. The van der Waals surface area contributed by atoms with Crippen LogP contribution in [0.25, 0.3) is 0 Å². The lowest BCUT2D eigenvalue weighted by molar-refractivity contribution is -0.143. The van der Waals surface area contributed by atoms with E-state index < -0.39 is 5.60 Å². The van der Waals surface area contributed by atoms with Crippen LogP contribution in [0.3, 0.4) is 0 Å². The number of carbonyl (C=O) groups excluding carboxylic acids is 1. The molecule has 110 valence electrons. The lowest BCUT2D eigenvalue weighted by Crippen LogP contribution is -2.55. The molecule has 2 rings (SSSR count). The normalized spacial score (nSPS) is 21.8. The number of aromatic nitrogens is 1. The lowest BCUT2D eigenvalue weighted by atomic mass is 10.0. The van der Waals surface area contributed by atoms with Crippen LogP contribution in [-0.4, -0.2) is 54.3 Å². The van der Waals surface area contributed by atoms with E-state index in [4.69, 9.17) is 9.47 Å². The van der Waals surface area contributed by atoms with Crippen molar-refractivity contribution in [2.75, 3.05) is 26.8 Å². The molecule has 0 radical (unpaired) electrons. The number of nitrogens with zero attached hydrogens (tertiary/aromatic N) is 2. The number of hydrogen-bond acceptors (Lipinski definition) is 4. The van der Waals surface area contributed by atoms with Crippen LogP contribution in [0.2, 0.25) is 0 Å². The summed E-state index contributed by atoms with van der Waals surface area (Å²) in [7, 11) is 1.63. The molecule has 0 aliphatic carbocycles. The molecule has 1 aliphatic heterocycles. The van der Waals surface area contributed by atoms with Crippen molar-refractivity contribution in [2.24, 2.45) is 0 Å². The van der Waals surface area contributed by atoms with E-state index in [1.165, 1.54) is 0 Å². The van der Waals surface area contributed by atoms with Gasteiger partial charge in [-0.15, -0.1) is 0 Å². The van der Waals surface area contributed by atoms with Crippen LogP contribution in [0.1, 0.15) is 24.3 Å². The molecule has 2 heterocycles. The third-order valence-electron chi connectivity index (χ3n) is 3.08. The Kier molecular flexibility index (Phi) is 4.78. The van der Waals surface area contributed by atoms with Gasteiger partial charge in [0.25, 0.3) is 5.91 Å². The minimum Gasteiger partial charge on any atom is -0.382 e. The molecular formula is C14H19BrN2O3. The van der Waals surface area contributed by atoms with Gasteiger partial charge in [0, 0.05) is 30.9 Å². The van der Waals surface area contributed by atoms with Gasteiger partial charge in [-0.1, -0.05) is 0 Å². The number of amides is 1. The highest BCUT2D eigenvalue weighted by Crippen LogP contribution is 2.24. The van der Waals surface area contributed by atoms with E-state index in [0.717, 1.165) is 0 Å². The highest BCUT2D eigenvalue weighted by atomic mass is 79.9. The lowest BCUT2D eigenvalue weighted by Gasteiger charge is -2.42. The van der Waals surface area contributed by atoms with Crippen LogP contribution in [-0.2, 0) is 9.47 Å². The van der Waals surface area contributed by atoms with E-state index >= 15 is 0 Å². The Morgan fingerprint density at radius 1 is 1.65 bits per heavy atom. The summed E-state index contributed by atoms with van der Waals surface area (Å²) in [6.07, 6.45) is 1.51. The maximum atomic E-state index is 12.6. The van der Waals surface area contributed by atoms with E-state index in [1.807, 2.05) is 19.9 Å². The van der Waals surface area contributed by atoms with Crippen molar-refractivity contribution in [3.8, 4) is 0 Å². The summed E-state index contributed by atoms with van der Waals surface area (Å²) in [6, 6.07) is 3.61. The zero-order valence-electron chi connectivity index (χ0n) is 11.9. The summed E-state index contributed by atoms with van der Waals surface area (Å²) in [6.45, 7) is 5.47. The van der Waals surface area contributed by atoms with Crippen LogP contribution < -0.4 is 0 Å². The molecule has 20 heavy (non-hydrogen) atoms. The number of halogens is 1. The summed E-state index contributed by atoms with van der Waals surface area (Å²) in [5.74, 6) is -0.0880. The second-order valence-corrected chi connectivity index (χ2v) is 6.33. The average Bonchev–Trinajstić information content (AvgIpc) is 2.37. The largest absolute Gasteiger partial charge is 0.382 e. The van der Waals surface area contributed by atoms with Crippen molar-refractivity contribution in [3.63, 3.8) is 0 Å². The third-order valence-corrected chi connectivity index (χ3v) is 3.72. The van der Waals surface area contributed by atoms with Crippen LogP contribution in [0, 0.1) is 0 Å². The Labute approximate surface area is 127 Å². The van der Waals surface area contributed by atoms with Gasteiger partial charge in [-0.05, 0) is 41.9 Å². The Morgan fingerprint density at radius 3 is 3.05 bits per heavy atom. The molecule has 0 spiro atoms. The Bertz CT molecular complexity index is 493. The molecule has 1 atom stereocenters. The molecule has 0 bridgehead atoms. The Hall–Kier alpha value is -0.980. The zero-order valence-corrected chi connectivity index (χ0v) is 13.5. The first kappa shape index (κ1) is 15.4. The van der Waals surface area contributed by atoms with E-state index in [0.29, 0.717) is 29.9 Å². The molecule has 0 aromatic carbocycles. The molecule has 6 heteroatoms. The second kappa shape index (κ2) is 6.20. The molecule has 0 saturated carbocycles. The summed E-state index contributed by atoms with van der Waals surface area (Å²) < 4.78 is 11.8. The van der Waals surface area contributed by atoms with Crippen LogP contribution in [0.5, 0.6) is 0 Å². The summed E-state index contributed by atoms with van der Waals surface area (Å²) in [5, 5.41) is 0. The van der Waals surface area contributed by atoms with Gasteiger partial charge in [-0.3, -0.25) is 4.79 Å². The van der Waals surface area contributed by atoms with Gasteiger partial charge in [0.1, 0.15) is 5.69 Å². The van der Waals surface area contributed by atoms with E-state index in [-0.39, 0.29) is 12.0 Å². The molecule has 5 nitrogen and oxygen atoms in total. The maximum absolute atomic E-state index is 12.6. The number of carbonyl (C=O) groups is 1. The molecule has 1 fully saturated rings. The van der Waals surface area contributed by atoms with Gasteiger partial charge in [0.2, 0.25) is 0 Å². The standard InChI is InChI=1S/C14H19BrN2O3/c1-14(2)9-17(7-10(20-14)8-19-3)13(18)12-11(15)5-4-6-16-12/h4-6,10H,7-9H2,1-3H3/t10-/m1/s1. The predicted octanol–water partition coefficient (Wildman–Crippen LogP) is 2.11. The van der Waals surface area contributed by atoms with Crippen molar-refractivity contribution in [2.45, 2.75) is 25.6 Å². The SMILES string of the molecule is COC[C@H]1CN(C(=O)c2ncccc2Br)CC(C)(C)O1. The average molecular weight is 343 g/mol. The number of hydrogen-bond donors (Lipinski definition) is 0. The molecule has 1 saturated heterocycles. The molecule has 1 aromatic rings. The predicted molar refractivity (Wildman–Crippen MR) is 78.7 cm³/mol. The van der Waals surface area contributed by atoms with Crippen molar-refractivity contribution >= 4 is 21.8 Å². The summed E-state index contributed by atoms with van der Waals surface area (Å²) in [5.41, 5.74) is 0.0413. The molecule has 0 N–H and O–H groups in total. The van der Waals surface area contributed by atoms with Crippen LogP contribution in [0.4, 0.5) is 0 Å². The molecule has 1 aromatic heterocycles. The highest BCUT2D eigenvalue weighted by molar-refractivity contribution is 9.10. The van der Waals surface area contributed by atoms with Gasteiger partial charge < -0.3 is 14.4 Å². The summed E-state index contributed by atoms with van der Waals surface area (Å²) in [4.78, 5) is 18.5. The topological polar surface area (TPSA) is 51.7 Å². The highest BCUT2D eigenvalue weighted by Gasteiger charge is 2.36. The number of morpholine rings is 1. The van der Waals surface area contributed by atoms with E-state index in [1.54, 1.807) is 24.3 Å². The minimum absolute atomic E-state index is 0.0880. The van der Waals surface area contributed by atoms with Crippen molar-refractivity contribution in [1.29, 1.82) is 0 Å². The van der Waals surface area contributed by atoms with E-state index in [2.05, 4.69) is 20.9 Å². The van der Waals surface area contributed by atoms with Crippen molar-refractivity contribution < 1.29 is 14.3 Å². The van der Waals surface area contributed by atoms with Gasteiger partial charge in [-0.25, -0.2) is 4.98 Å². The number of pyridine rings is 1. The third kappa shape index (κ3) is 3.56. The Balaban J connectivity index is 2.18. The van der Waals surface area contributed by atoms with Gasteiger partial charge in [0.05, 0.1) is 18.3 Å². The number of methoxy groups -OCH3 is 1. The number of rotatable bonds is 3. The first-order valence-electron chi connectivity index (χ1n) is 6.49. The van der Waals surface area contributed by atoms with Gasteiger partial charge in [0.15, 0.2) is 0 Å². The fraction of sp³-hybridized carbons (Fsp3) is 0.571. The fourth-order valence-corrected chi connectivity index (χ4v) is 2.84. The number of ether oxygens (including phenoxy) is 2. The van der Waals surface area contributed by atoms with Gasteiger partial charge in [-0.2, -0.15) is 0 Å². The molecule has 0 unspecified atom stereocenters. The quantitative estimate of drug-likeness (QED) is 0.844. The summed E-state index contributed by atoms with van der Waals surface area (Å²) >= 11 is 3.37. The fourth-order valence-electron chi connectivity index (χ4n) is 2.42. The maximum Gasteiger partial charge on any atom is 0.273 e. The first-order valence-corrected chi connectivity index (χ1v) is 7.29. The molecule has 1 aliphatic rings. The van der Waals surface area contributed by atoms with E-state index in [9.17, 15) is 4.79 Å².